The van der Waals surface area contributed by atoms with Crippen LogP contribution in [0, 0.1) is 17.6 Å². The highest BCUT2D eigenvalue weighted by molar-refractivity contribution is 5.93. The van der Waals surface area contributed by atoms with Gasteiger partial charge >= 0.3 is 6.09 Å². The summed E-state index contributed by atoms with van der Waals surface area (Å²) in [4.78, 5) is 15.3. The van der Waals surface area contributed by atoms with Crippen LogP contribution in [-0.2, 0) is 0 Å². The molecule has 1 aliphatic heterocycles. The second kappa shape index (κ2) is 7.19. The van der Waals surface area contributed by atoms with Crippen molar-refractivity contribution in [2.45, 2.75) is 6.42 Å². The smallest absolute Gasteiger partial charge is 0.411 e. The van der Waals surface area contributed by atoms with Crippen molar-refractivity contribution in [1.82, 2.24) is 4.90 Å². The number of likely N-dealkylation sites (tertiary alicyclic amines) is 1. The zero-order valence-electron chi connectivity index (χ0n) is 14.0. The van der Waals surface area contributed by atoms with E-state index in [1.54, 1.807) is 24.3 Å². The normalized spacial score (nSPS) is 17.6. The third-order valence-corrected chi connectivity index (χ3v) is 4.58. The number of hydrogen-bond acceptors (Lipinski definition) is 2. The van der Waals surface area contributed by atoms with Gasteiger partial charge in [-0.15, -0.1) is 0 Å². The highest BCUT2D eigenvalue weighted by Crippen LogP contribution is 2.34. The van der Waals surface area contributed by atoms with E-state index < -0.39 is 17.7 Å². The van der Waals surface area contributed by atoms with E-state index in [1.165, 1.54) is 17.0 Å². The Kier molecular flexibility index (Phi) is 4.99. The lowest BCUT2D eigenvalue weighted by atomic mass is 10.0. The van der Waals surface area contributed by atoms with Gasteiger partial charge in [-0.1, -0.05) is 18.2 Å². The van der Waals surface area contributed by atoms with Gasteiger partial charge in [0.1, 0.15) is 11.6 Å². The van der Waals surface area contributed by atoms with Crippen molar-refractivity contribution < 1.29 is 18.7 Å². The summed E-state index contributed by atoms with van der Waals surface area (Å²) in [6.07, 6.45) is -0.155. The van der Waals surface area contributed by atoms with E-state index in [0.29, 0.717) is 17.8 Å². The van der Waals surface area contributed by atoms with Crippen LogP contribution in [0.15, 0.2) is 42.5 Å². The number of carboxylic acid groups (broad SMARTS) is 1. The molecule has 0 aliphatic carbocycles. The third kappa shape index (κ3) is 3.79. The van der Waals surface area contributed by atoms with Crippen molar-refractivity contribution in [3.05, 3.63) is 54.1 Å². The molecule has 0 radical (unpaired) electrons. The van der Waals surface area contributed by atoms with Crippen LogP contribution in [-0.4, -0.2) is 42.8 Å². The second-order valence-electron chi connectivity index (χ2n) is 6.45. The molecule has 25 heavy (non-hydrogen) atoms. The van der Waals surface area contributed by atoms with E-state index in [1.807, 2.05) is 7.05 Å². The minimum Gasteiger partial charge on any atom is -0.465 e. The minimum absolute atomic E-state index is 0.187. The molecule has 1 N–H and O–H groups in total. The van der Waals surface area contributed by atoms with Crippen LogP contribution >= 0.6 is 0 Å². The SMILES string of the molecule is CN1CCC(CN(C(=O)O)c2ccccc2-c2ccc(F)cc2F)C1. The Morgan fingerprint density at radius 2 is 2.00 bits per heavy atom. The third-order valence-electron chi connectivity index (χ3n) is 4.58. The van der Waals surface area contributed by atoms with E-state index in [2.05, 4.69) is 4.90 Å². The average molecular weight is 346 g/mol. The van der Waals surface area contributed by atoms with Gasteiger partial charge in [-0.2, -0.15) is 0 Å². The summed E-state index contributed by atoms with van der Waals surface area (Å²) < 4.78 is 27.4. The molecule has 2 aromatic carbocycles. The molecule has 1 saturated heterocycles. The Hall–Kier alpha value is -2.47. The van der Waals surface area contributed by atoms with Gasteiger partial charge < -0.3 is 10.0 Å². The maximum Gasteiger partial charge on any atom is 0.411 e. The lowest BCUT2D eigenvalue weighted by molar-refractivity contribution is 0.200. The quantitative estimate of drug-likeness (QED) is 0.908. The first-order valence-corrected chi connectivity index (χ1v) is 8.19. The molecule has 6 heteroatoms. The second-order valence-corrected chi connectivity index (χ2v) is 6.45. The Bertz CT molecular complexity index is 782. The summed E-state index contributed by atoms with van der Waals surface area (Å²) >= 11 is 0. The Morgan fingerprint density at radius 1 is 1.24 bits per heavy atom. The number of nitrogens with zero attached hydrogens (tertiary/aromatic N) is 2. The Labute approximate surface area is 145 Å². The molecule has 0 saturated carbocycles. The molecule has 1 amide bonds. The molecule has 1 unspecified atom stereocenters. The molecular formula is C19H20F2N2O2. The van der Waals surface area contributed by atoms with Gasteiger partial charge in [0, 0.05) is 30.3 Å². The maximum atomic E-state index is 14.2. The fourth-order valence-corrected chi connectivity index (χ4v) is 3.36. The van der Waals surface area contributed by atoms with Crippen LogP contribution in [0.2, 0.25) is 0 Å². The average Bonchev–Trinajstić information content (AvgIpc) is 2.98. The van der Waals surface area contributed by atoms with Crippen molar-refractivity contribution in [2.75, 3.05) is 31.6 Å². The zero-order chi connectivity index (χ0) is 18.0. The van der Waals surface area contributed by atoms with Gasteiger partial charge in [-0.3, -0.25) is 4.90 Å². The number of halogens is 2. The van der Waals surface area contributed by atoms with Crippen molar-refractivity contribution in [1.29, 1.82) is 0 Å². The van der Waals surface area contributed by atoms with Crippen molar-refractivity contribution in [3.63, 3.8) is 0 Å². The first kappa shape index (κ1) is 17.4. The molecule has 1 fully saturated rings. The van der Waals surface area contributed by atoms with Crippen LogP contribution in [0.25, 0.3) is 11.1 Å². The molecule has 4 nitrogen and oxygen atoms in total. The van der Waals surface area contributed by atoms with Gasteiger partial charge in [-0.25, -0.2) is 13.6 Å². The molecular weight excluding hydrogens is 326 g/mol. The highest BCUT2D eigenvalue weighted by Gasteiger charge is 2.27. The van der Waals surface area contributed by atoms with E-state index in [0.717, 1.165) is 25.6 Å². The molecule has 1 heterocycles. The maximum absolute atomic E-state index is 14.2. The molecule has 0 bridgehead atoms. The van der Waals surface area contributed by atoms with Crippen molar-refractivity contribution in [3.8, 4) is 11.1 Å². The van der Waals surface area contributed by atoms with E-state index in [4.69, 9.17) is 0 Å². The number of anilines is 1. The number of hydrogen-bond donors (Lipinski definition) is 1. The molecule has 132 valence electrons. The summed E-state index contributed by atoms with van der Waals surface area (Å²) in [5, 5.41) is 9.70. The lowest BCUT2D eigenvalue weighted by Crippen LogP contribution is -2.35. The standard InChI is InChI=1S/C19H20F2N2O2/c1-22-9-8-13(11-22)12-23(19(24)25)18-5-3-2-4-16(18)15-7-6-14(20)10-17(15)21/h2-7,10,13H,8-9,11-12H2,1H3,(H,24,25). The monoisotopic (exact) mass is 346 g/mol. The minimum atomic E-state index is -1.08. The van der Waals surface area contributed by atoms with Crippen LogP contribution in [0.4, 0.5) is 19.3 Å². The molecule has 0 spiro atoms. The summed E-state index contributed by atoms with van der Waals surface area (Å²) in [5.74, 6) is -1.14. The van der Waals surface area contributed by atoms with Crippen LogP contribution < -0.4 is 4.90 Å². The number of para-hydroxylation sites is 1. The highest BCUT2D eigenvalue weighted by atomic mass is 19.1. The van der Waals surface area contributed by atoms with Crippen LogP contribution in [0.1, 0.15) is 6.42 Å². The largest absolute Gasteiger partial charge is 0.465 e. The van der Waals surface area contributed by atoms with E-state index >= 15 is 0 Å². The summed E-state index contributed by atoms with van der Waals surface area (Å²) in [7, 11) is 2.01. The number of rotatable bonds is 4. The summed E-state index contributed by atoms with van der Waals surface area (Å²) in [6.45, 7) is 2.11. The van der Waals surface area contributed by atoms with Crippen LogP contribution in [0.3, 0.4) is 0 Å². The number of carbonyl (C=O) groups is 1. The topological polar surface area (TPSA) is 43.8 Å². The predicted octanol–water partition coefficient (Wildman–Crippen LogP) is 4.07. The van der Waals surface area contributed by atoms with Gasteiger partial charge in [0.05, 0.1) is 5.69 Å². The van der Waals surface area contributed by atoms with E-state index in [9.17, 15) is 18.7 Å². The first-order chi connectivity index (χ1) is 12.0. The van der Waals surface area contributed by atoms with Gasteiger partial charge in [0.25, 0.3) is 0 Å². The molecule has 1 atom stereocenters. The molecule has 2 aromatic rings. The number of benzene rings is 2. The summed E-state index contributed by atoms with van der Waals surface area (Å²) in [6, 6.07) is 10.1. The fraction of sp³-hybridized carbons (Fsp3) is 0.316. The molecule has 3 rings (SSSR count). The van der Waals surface area contributed by atoms with Crippen LogP contribution in [0.5, 0.6) is 0 Å². The summed E-state index contributed by atoms with van der Waals surface area (Å²) in [5.41, 5.74) is 1.04. The van der Waals surface area contributed by atoms with Gasteiger partial charge in [0.2, 0.25) is 0 Å². The number of amides is 1. The van der Waals surface area contributed by atoms with Crippen molar-refractivity contribution in [2.24, 2.45) is 5.92 Å². The lowest BCUT2D eigenvalue weighted by Gasteiger charge is -2.25. The Morgan fingerprint density at radius 3 is 2.64 bits per heavy atom. The Balaban J connectivity index is 1.98. The first-order valence-electron chi connectivity index (χ1n) is 8.19. The predicted molar refractivity (Wildman–Crippen MR) is 92.8 cm³/mol. The van der Waals surface area contributed by atoms with Crippen molar-refractivity contribution >= 4 is 11.8 Å². The molecule has 0 aromatic heterocycles. The van der Waals surface area contributed by atoms with E-state index in [-0.39, 0.29) is 11.5 Å². The van der Waals surface area contributed by atoms with Gasteiger partial charge in [0.15, 0.2) is 0 Å². The zero-order valence-corrected chi connectivity index (χ0v) is 14.0. The fourth-order valence-electron chi connectivity index (χ4n) is 3.36. The molecule has 1 aliphatic rings. The van der Waals surface area contributed by atoms with Gasteiger partial charge in [-0.05, 0) is 44.1 Å².